The normalized spacial score (nSPS) is 14.0. The van der Waals surface area contributed by atoms with Crippen molar-refractivity contribution in [3.8, 4) is 11.8 Å². The second-order valence-electron chi connectivity index (χ2n) is 6.54. The van der Waals surface area contributed by atoms with E-state index in [9.17, 15) is 5.26 Å². The van der Waals surface area contributed by atoms with Crippen molar-refractivity contribution in [2.75, 3.05) is 6.61 Å². The van der Waals surface area contributed by atoms with Gasteiger partial charge in [0.05, 0.1) is 12.7 Å². The number of benzene rings is 1. The molecule has 1 rings (SSSR count). The molecule has 0 spiro atoms. The van der Waals surface area contributed by atoms with E-state index in [4.69, 9.17) is 4.74 Å². The Morgan fingerprint density at radius 1 is 1.29 bits per heavy atom. The van der Waals surface area contributed by atoms with Gasteiger partial charge in [-0.1, -0.05) is 26.0 Å². The Hall–Kier alpha value is -1.53. The Kier molecular flexibility index (Phi) is 6.23. The molecule has 1 aromatic rings. The van der Waals surface area contributed by atoms with Crippen LogP contribution < -0.4 is 10.1 Å². The van der Waals surface area contributed by atoms with E-state index in [1.165, 1.54) is 11.1 Å². The van der Waals surface area contributed by atoms with Crippen LogP contribution in [0.15, 0.2) is 18.2 Å². The van der Waals surface area contributed by atoms with E-state index in [1.807, 2.05) is 20.8 Å². The summed E-state index contributed by atoms with van der Waals surface area (Å²) in [4.78, 5) is 0. The molecular formula is C18H28N2O. The van der Waals surface area contributed by atoms with Crippen molar-refractivity contribution in [3.63, 3.8) is 0 Å². The van der Waals surface area contributed by atoms with Crippen LogP contribution in [0.4, 0.5) is 0 Å². The van der Waals surface area contributed by atoms with Gasteiger partial charge in [0.25, 0.3) is 0 Å². The van der Waals surface area contributed by atoms with E-state index in [2.05, 4.69) is 50.4 Å². The van der Waals surface area contributed by atoms with Gasteiger partial charge < -0.3 is 4.74 Å². The lowest BCUT2D eigenvalue weighted by Gasteiger charge is -2.26. The van der Waals surface area contributed by atoms with Crippen LogP contribution in [0, 0.1) is 18.3 Å². The molecule has 3 nitrogen and oxygen atoms in total. The van der Waals surface area contributed by atoms with E-state index in [0.29, 0.717) is 18.9 Å². The van der Waals surface area contributed by atoms with Crippen molar-refractivity contribution in [1.29, 1.82) is 5.26 Å². The third kappa shape index (κ3) is 5.40. The van der Waals surface area contributed by atoms with Gasteiger partial charge in [0, 0.05) is 12.5 Å². The molecule has 116 valence electrons. The van der Waals surface area contributed by atoms with Crippen molar-refractivity contribution in [3.05, 3.63) is 29.3 Å². The van der Waals surface area contributed by atoms with Crippen LogP contribution in [0.3, 0.4) is 0 Å². The largest absolute Gasteiger partial charge is 0.493 e. The molecule has 0 radical (unpaired) electrons. The molecule has 0 saturated heterocycles. The Morgan fingerprint density at radius 3 is 2.48 bits per heavy atom. The lowest BCUT2D eigenvalue weighted by molar-refractivity contribution is 0.257. The number of ether oxygens (including phenoxy) is 1. The molecule has 21 heavy (non-hydrogen) atoms. The fourth-order valence-electron chi connectivity index (χ4n) is 2.41. The van der Waals surface area contributed by atoms with Gasteiger partial charge in [-0.2, -0.15) is 5.26 Å². The fourth-order valence-corrected chi connectivity index (χ4v) is 2.41. The third-order valence-corrected chi connectivity index (χ3v) is 3.50. The molecule has 0 bridgehead atoms. The molecular weight excluding hydrogens is 260 g/mol. The quantitative estimate of drug-likeness (QED) is 0.819. The minimum Gasteiger partial charge on any atom is -0.493 e. The first kappa shape index (κ1) is 17.5. The van der Waals surface area contributed by atoms with Crippen LogP contribution >= 0.6 is 0 Å². The first-order chi connectivity index (χ1) is 9.77. The van der Waals surface area contributed by atoms with E-state index in [1.54, 1.807) is 0 Å². The zero-order chi connectivity index (χ0) is 16.0. The predicted molar refractivity (Wildman–Crippen MR) is 87.7 cm³/mol. The molecule has 0 aromatic heterocycles. The number of hydrogen-bond acceptors (Lipinski definition) is 3. The van der Waals surface area contributed by atoms with Gasteiger partial charge >= 0.3 is 0 Å². The first-order valence-electron chi connectivity index (χ1n) is 7.69. The van der Waals surface area contributed by atoms with Gasteiger partial charge in [0.15, 0.2) is 0 Å². The summed E-state index contributed by atoms with van der Waals surface area (Å²) in [5.41, 5.74) is 1.87. The third-order valence-electron chi connectivity index (χ3n) is 3.50. The minimum atomic E-state index is -0.546. The summed E-state index contributed by atoms with van der Waals surface area (Å²) in [6, 6.07) is 8.95. The van der Waals surface area contributed by atoms with Crippen molar-refractivity contribution >= 4 is 0 Å². The van der Waals surface area contributed by atoms with Gasteiger partial charge in [-0.05, 0) is 50.8 Å². The van der Waals surface area contributed by atoms with Gasteiger partial charge in [-0.3, -0.25) is 5.32 Å². The zero-order valence-electron chi connectivity index (χ0n) is 14.2. The molecule has 1 unspecified atom stereocenters. The van der Waals surface area contributed by atoms with E-state index < -0.39 is 5.54 Å². The number of nitrogens with zero attached hydrogens (tertiary/aromatic N) is 1. The fraction of sp³-hybridized carbons (Fsp3) is 0.611. The summed E-state index contributed by atoms with van der Waals surface area (Å²) in [7, 11) is 0. The highest BCUT2D eigenvalue weighted by Crippen LogP contribution is 2.28. The van der Waals surface area contributed by atoms with Crippen LogP contribution in [0.25, 0.3) is 0 Å². The summed E-state index contributed by atoms with van der Waals surface area (Å²) in [5, 5.41) is 12.7. The van der Waals surface area contributed by atoms with E-state index >= 15 is 0 Å². The molecule has 1 aromatic carbocycles. The predicted octanol–water partition coefficient (Wildman–Crippen LogP) is 4.17. The molecule has 0 amide bonds. The smallest absolute Gasteiger partial charge is 0.123 e. The van der Waals surface area contributed by atoms with E-state index in [-0.39, 0.29) is 6.04 Å². The Morgan fingerprint density at radius 2 is 1.95 bits per heavy atom. The molecule has 0 aliphatic rings. The average molecular weight is 288 g/mol. The maximum atomic E-state index is 9.35. The monoisotopic (exact) mass is 288 g/mol. The number of aryl methyl sites for hydroxylation is 1. The lowest BCUT2D eigenvalue weighted by atomic mass is 9.99. The highest BCUT2D eigenvalue weighted by molar-refractivity contribution is 5.39. The number of nitriles is 1. The maximum absolute atomic E-state index is 9.35. The molecule has 0 aliphatic heterocycles. The van der Waals surface area contributed by atoms with Crippen molar-refractivity contribution < 1.29 is 4.74 Å². The zero-order valence-corrected chi connectivity index (χ0v) is 14.2. The first-order valence-corrected chi connectivity index (χ1v) is 7.69. The van der Waals surface area contributed by atoms with E-state index in [0.717, 1.165) is 5.75 Å². The summed E-state index contributed by atoms with van der Waals surface area (Å²) in [6.45, 7) is 13.0. The summed E-state index contributed by atoms with van der Waals surface area (Å²) in [5.74, 6) is 1.37. The van der Waals surface area contributed by atoms with Gasteiger partial charge in [0.1, 0.15) is 11.3 Å². The summed E-state index contributed by atoms with van der Waals surface area (Å²) < 4.78 is 5.97. The SMILES string of the molecule is Cc1ccc(C(C)C)c(OCCC(C)(C#N)NC(C)C)c1. The maximum Gasteiger partial charge on any atom is 0.123 e. The lowest BCUT2D eigenvalue weighted by Crippen LogP contribution is -2.45. The Labute approximate surface area is 129 Å². The molecule has 0 aliphatic carbocycles. The molecule has 0 saturated carbocycles. The van der Waals surface area contributed by atoms with Crippen LogP contribution in [-0.2, 0) is 0 Å². The Balaban J connectivity index is 2.72. The van der Waals surface area contributed by atoms with Gasteiger partial charge in [-0.15, -0.1) is 0 Å². The van der Waals surface area contributed by atoms with Crippen LogP contribution in [0.2, 0.25) is 0 Å². The number of rotatable bonds is 7. The standard InChI is InChI=1S/C18H28N2O/c1-13(2)16-8-7-15(5)11-17(16)21-10-9-18(6,12-19)20-14(3)4/h7-8,11,13-14,20H,9-10H2,1-6H3. The Bertz CT molecular complexity index is 502. The van der Waals surface area contributed by atoms with Crippen LogP contribution in [0.5, 0.6) is 5.75 Å². The summed E-state index contributed by atoms with van der Waals surface area (Å²) in [6.07, 6.45) is 0.660. The van der Waals surface area contributed by atoms with Crippen molar-refractivity contribution in [2.45, 2.75) is 65.5 Å². The molecule has 0 fully saturated rings. The molecule has 0 heterocycles. The molecule has 1 N–H and O–H groups in total. The number of hydrogen-bond donors (Lipinski definition) is 1. The van der Waals surface area contributed by atoms with Gasteiger partial charge in [0.2, 0.25) is 0 Å². The molecule has 1 atom stereocenters. The van der Waals surface area contributed by atoms with Crippen molar-refractivity contribution in [2.24, 2.45) is 0 Å². The second kappa shape index (κ2) is 7.47. The minimum absolute atomic E-state index is 0.278. The number of nitrogens with one attached hydrogen (secondary N) is 1. The molecule has 3 heteroatoms. The van der Waals surface area contributed by atoms with Gasteiger partial charge in [-0.25, -0.2) is 0 Å². The topological polar surface area (TPSA) is 45.0 Å². The van der Waals surface area contributed by atoms with Crippen LogP contribution in [0.1, 0.15) is 58.1 Å². The average Bonchev–Trinajstić information content (AvgIpc) is 2.37. The summed E-state index contributed by atoms with van der Waals surface area (Å²) >= 11 is 0. The van der Waals surface area contributed by atoms with Crippen LogP contribution in [-0.4, -0.2) is 18.2 Å². The highest BCUT2D eigenvalue weighted by atomic mass is 16.5. The highest BCUT2D eigenvalue weighted by Gasteiger charge is 2.24. The van der Waals surface area contributed by atoms with Crippen molar-refractivity contribution in [1.82, 2.24) is 5.32 Å². The second-order valence-corrected chi connectivity index (χ2v) is 6.54.